The number of carbonyl (C=O) groups is 2. The summed E-state index contributed by atoms with van der Waals surface area (Å²) in [6, 6.07) is 20.9. The Hall–Kier alpha value is -3.93. The molecule has 1 aliphatic heterocycles. The zero-order valence-electron chi connectivity index (χ0n) is 20.3. The van der Waals surface area contributed by atoms with Crippen molar-refractivity contribution in [3.8, 4) is 0 Å². The Labute approximate surface area is 212 Å². The van der Waals surface area contributed by atoms with Gasteiger partial charge in [0.1, 0.15) is 0 Å². The lowest BCUT2D eigenvalue weighted by Gasteiger charge is -2.22. The highest BCUT2D eigenvalue weighted by Crippen LogP contribution is 2.59. The van der Waals surface area contributed by atoms with Crippen LogP contribution in [0.3, 0.4) is 0 Å². The molecule has 2 aliphatic carbocycles. The number of hydrogen-bond donors (Lipinski definition) is 0. The molecule has 2 fully saturated rings. The fourth-order valence-corrected chi connectivity index (χ4v) is 6.11. The molecule has 1 heterocycles. The van der Waals surface area contributed by atoms with Crippen LogP contribution in [-0.2, 0) is 15.8 Å². The zero-order chi connectivity index (χ0) is 26.1. The summed E-state index contributed by atoms with van der Waals surface area (Å²) in [6.07, 6.45) is -0.583. The monoisotopic (exact) mass is 499 g/mol. The third kappa shape index (κ3) is 3.66. The lowest BCUT2D eigenvalue weighted by atomic mass is 9.85. The maximum atomic E-state index is 13.6. The molecular weight excluding hydrogens is 475 g/mol. The Bertz CT molecular complexity index is 1400. The predicted octanol–water partition coefficient (Wildman–Crippen LogP) is 6.75. The van der Waals surface area contributed by atoms with Crippen molar-refractivity contribution in [3.63, 3.8) is 0 Å². The van der Waals surface area contributed by atoms with E-state index in [4.69, 9.17) is 0 Å². The average Bonchev–Trinajstić information content (AvgIpc) is 3.50. The van der Waals surface area contributed by atoms with Crippen LogP contribution < -0.4 is 4.90 Å². The van der Waals surface area contributed by atoms with Crippen LogP contribution in [0.1, 0.15) is 27.8 Å². The van der Waals surface area contributed by atoms with Crippen molar-refractivity contribution in [1.82, 2.24) is 0 Å². The molecule has 1 saturated carbocycles. The van der Waals surface area contributed by atoms with E-state index < -0.39 is 35.4 Å². The molecule has 3 nitrogen and oxygen atoms in total. The Morgan fingerprint density at radius 3 is 1.68 bits per heavy atom. The molecule has 6 rings (SSSR count). The first kappa shape index (κ1) is 23.5. The molecule has 186 valence electrons. The summed E-state index contributed by atoms with van der Waals surface area (Å²) in [5, 5.41) is 0. The van der Waals surface area contributed by atoms with Crippen LogP contribution in [0.25, 0.3) is 5.57 Å². The normalized spacial score (nSPS) is 24.2. The standard InChI is InChI=1S/C31H24F3NO2/c1-17-6-10-19(11-7-17)25(20-12-8-18(2)9-13-20)26-23-14-15-24(26)28-27(23)29(36)35(30(28)37)22-5-3-4-21(16-22)31(32,33)34/h3-16,23-24,27-28H,1-2H3. The van der Waals surface area contributed by atoms with Crippen molar-refractivity contribution in [1.29, 1.82) is 0 Å². The van der Waals surface area contributed by atoms with Crippen LogP contribution in [-0.4, -0.2) is 11.8 Å². The molecule has 6 heteroatoms. The van der Waals surface area contributed by atoms with Crippen LogP contribution in [0, 0.1) is 37.5 Å². The number of alkyl halides is 3. The first-order valence-electron chi connectivity index (χ1n) is 12.3. The Morgan fingerprint density at radius 2 is 1.22 bits per heavy atom. The van der Waals surface area contributed by atoms with E-state index in [2.05, 4.69) is 24.3 Å². The van der Waals surface area contributed by atoms with Crippen LogP contribution >= 0.6 is 0 Å². The second-order valence-corrected chi connectivity index (χ2v) is 10.1. The second-order valence-electron chi connectivity index (χ2n) is 10.1. The van der Waals surface area contributed by atoms with Crippen molar-refractivity contribution in [2.45, 2.75) is 20.0 Å². The van der Waals surface area contributed by atoms with E-state index in [1.807, 2.05) is 50.3 Å². The van der Waals surface area contributed by atoms with Crippen molar-refractivity contribution >= 4 is 23.1 Å². The number of hydrogen-bond acceptors (Lipinski definition) is 2. The number of imide groups is 1. The summed E-state index contributed by atoms with van der Waals surface area (Å²) in [7, 11) is 0. The number of amides is 2. The molecule has 1 saturated heterocycles. The quantitative estimate of drug-likeness (QED) is 0.295. The van der Waals surface area contributed by atoms with E-state index in [9.17, 15) is 22.8 Å². The van der Waals surface area contributed by atoms with Crippen molar-refractivity contribution in [2.75, 3.05) is 4.90 Å². The third-order valence-corrected chi connectivity index (χ3v) is 7.82. The Kier molecular flexibility index (Phi) is 5.26. The highest BCUT2D eigenvalue weighted by atomic mass is 19.4. The van der Waals surface area contributed by atoms with Gasteiger partial charge in [-0.1, -0.05) is 77.9 Å². The Morgan fingerprint density at radius 1 is 0.730 bits per heavy atom. The van der Waals surface area contributed by atoms with E-state index in [0.717, 1.165) is 50.4 Å². The van der Waals surface area contributed by atoms with Gasteiger partial charge >= 0.3 is 6.18 Å². The molecule has 0 N–H and O–H groups in total. The maximum absolute atomic E-state index is 13.6. The zero-order valence-corrected chi connectivity index (χ0v) is 20.3. The SMILES string of the molecule is Cc1ccc(C(=C2C3C=CC2C2C(=O)N(c4cccc(C(F)(F)F)c4)C(=O)C32)c2ccc(C)cc2)cc1. The number of rotatable bonds is 3. The van der Waals surface area contributed by atoms with E-state index in [1.165, 1.54) is 12.1 Å². The van der Waals surface area contributed by atoms with Crippen molar-refractivity contribution in [2.24, 2.45) is 23.7 Å². The van der Waals surface area contributed by atoms with Gasteiger partial charge in [-0.3, -0.25) is 9.59 Å². The van der Waals surface area contributed by atoms with Crippen LogP contribution in [0.2, 0.25) is 0 Å². The molecule has 0 spiro atoms. The van der Waals surface area contributed by atoms with Gasteiger partial charge in [-0.25, -0.2) is 4.90 Å². The highest BCUT2D eigenvalue weighted by Gasteiger charge is 2.62. The van der Waals surface area contributed by atoms with E-state index >= 15 is 0 Å². The number of halogens is 3. The molecule has 4 unspecified atom stereocenters. The van der Waals surface area contributed by atoms with Gasteiger partial charge in [0.2, 0.25) is 11.8 Å². The van der Waals surface area contributed by atoms with Crippen molar-refractivity contribution in [3.05, 3.63) is 118 Å². The highest BCUT2D eigenvalue weighted by molar-refractivity contribution is 6.23. The Balaban J connectivity index is 1.46. The minimum absolute atomic E-state index is 0.0264. The summed E-state index contributed by atoms with van der Waals surface area (Å²) in [5.74, 6) is -2.71. The number of fused-ring (bicyclic) bond motifs is 5. The van der Waals surface area contributed by atoms with Gasteiger partial charge in [-0.05, 0) is 54.3 Å². The number of anilines is 1. The molecule has 2 amide bonds. The number of allylic oxidation sites excluding steroid dienone is 3. The molecular formula is C31H24F3NO2. The fraction of sp³-hybridized carbons (Fsp3) is 0.226. The van der Waals surface area contributed by atoms with Gasteiger partial charge < -0.3 is 0 Å². The summed E-state index contributed by atoms with van der Waals surface area (Å²) in [5.41, 5.74) is 5.42. The molecule has 37 heavy (non-hydrogen) atoms. The minimum Gasteiger partial charge on any atom is -0.274 e. The number of nitrogens with zero attached hydrogens (tertiary/aromatic N) is 1. The summed E-state index contributed by atoms with van der Waals surface area (Å²) >= 11 is 0. The van der Waals surface area contributed by atoms with Gasteiger partial charge in [0, 0.05) is 11.8 Å². The molecule has 3 aromatic carbocycles. The van der Waals surface area contributed by atoms with Crippen LogP contribution in [0.15, 0.2) is 90.5 Å². The topological polar surface area (TPSA) is 37.4 Å². The van der Waals surface area contributed by atoms with E-state index in [1.54, 1.807) is 0 Å². The molecule has 0 aromatic heterocycles. The van der Waals surface area contributed by atoms with E-state index in [-0.39, 0.29) is 17.5 Å². The van der Waals surface area contributed by atoms with Crippen LogP contribution in [0.5, 0.6) is 0 Å². The molecule has 3 aliphatic rings. The summed E-state index contributed by atoms with van der Waals surface area (Å²) < 4.78 is 40.0. The molecule has 2 bridgehead atoms. The summed E-state index contributed by atoms with van der Waals surface area (Å²) in [4.78, 5) is 28.3. The average molecular weight is 500 g/mol. The van der Waals surface area contributed by atoms with Gasteiger partial charge in [-0.15, -0.1) is 0 Å². The van der Waals surface area contributed by atoms with Crippen LogP contribution in [0.4, 0.5) is 18.9 Å². The second kappa shape index (κ2) is 8.30. The molecule has 4 atom stereocenters. The van der Waals surface area contributed by atoms with Gasteiger partial charge in [-0.2, -0.15) is 13.2 Å². The lowest BCUT2D eigenvalue weighted by molar-refractivity contribution is -0.137. The number of benzene rings is 3. The predicted molar refractivity (Wildman–Crippen MR) is 135 cm³/mol. The molecule has 0 radical (unpaired) electrons. The van der Waals surface area contributed by atoms with E-state index in [0.29, 0.717) is 0 Å². The van der Waals surface area contributed by atoms with Gasteiger partial charge in [0.05, 0.1) is 23.1 Å². The van der Waals surface area contributed by atoms with Gasteiger partial charge in [0.25, 0.3) is 0 Å². The van der Waals surface area contributed by atoms with Gasteiger partial charge in [0.15, 0.2) is 0 Å². The van der Waals surface area contributed by atoms with Crippen molar-refractivity contribution < 1.29 is 22.8 Å². The lowest BCUT2D eigenvalue weighted by Crippen LogP contribution is -2.33. The maximum Gasteiger partial charge on any atom is 0.416 e. The largest absolute Gasteiger partial charge is 0.416 e. The fourth-order valence-electron chi connectivity index (χ4n) is 6.11. The smallest absolute Gasteiger partial charge is 0.274 e. The summed E-state index contributed by atoms with van der Waals surface area (Å²) in [6.45, 7) is 4.04. The first-order chi connectivity index (χ1) is 17.6. The number of aryl methyl sites for hydroxylation is 2. The first-order valence-corrected chi connectivity index (χ1v) is 12.3. The third-order valence-electron chi connectivity index (χ3n) is 7.82. The number of carbonyl (C=O) groups excluding carboxylic acids is 2. The minimum atomic E-state index is -4.56. The molecule has 3 aromatic rings.